The van der Waals surface area contributed by atoms with E-state index < -0.39 is 0 Å². The second-order valence-corrected chi connectivity index (χ2v) is 6.23. The standard InChI is InChI=1S/C13H16N4O2S2/c1-3-4-9-5-11(19)17-13(15-9)21-7-10-6-20-12(16-10)14-8(2)18/h5-6H,3-4,7H2,1-2H3,(H,14,16,18)(H,15,17,19). The predicted molar refractivity (Wildman–Crippen MR) is 84.8 cm³/mol. The molecule has 0 aromatic carbocycles. The second kappa shape index (κ2) is 7.37. The van der Waals surface area contributed by atoms with Gasteiger partial charge in [-0.05, 0) is 6.42 Å². The lowest BCUT2D eigenvalue weighted by Crippen LogP contribution is -2.10. The van der Waals surface area contributed by atoms with Gasteiger partial charge in [-0.25, -0.2) is 9.97 Å². The number of thioether (sulfide) groups is 1. The van der Waals surface area contributed by atoms with Gasteiger partial charge < -0.3 is 10.3 Å². The summed E-state index contributed by atoms with van der Waals surface area (Å²) in [6.45, 7) is 3.50. The number of hydrogen-bond acceptors (Lipinski definition) is 6. The lowest BCUT2D eigenvalue weighted by molar-refractivity contribution is -0.114. The molecule has 2 rings (SSSR count). The normalized spacial score (nSPS) is 10.6. The van der Waals surface area contributed by atoms with Crippen LogP contribution in [-0.2, 0) is 17.0 Å². The van der Waals surface area contributed by atoms with Crippen molar-refractivity contribution in [2.75, 3.05) is 5.32 Å². The number of rotatable bonds is 6. The van der Waals surface area contributed by atoms with E-state index in [9.17, 15) is 9.59 Å². The number of aromatic nitrogens is 3. The third-order valence-electron chi connectivity index (χ3n) is 2.47. The van der Waals surface area contributed by atoms with Crippen molar-refractivity contribution in [1.29, 1.82) is 0 Å². The zero-order valence-corrected chi connectivity index (χ0v) is 13.4. The Kier molecular flexibility index (Phi) is 5.51. The van der Waals surface area contributed by atoms with Gasteiger partial charge in [0, 0.05) is 29.8 Å². The highest BCUT2D eigenvalue weighted by Gasteiger charge is 2.06. The molecule has 0 fully saturated rings. The van der Waals surface area contributed by atoms with Crippen molar-refractivity contribution in [3.63, 3.8) is 0 Å². The summed E-state index contributed by atoms with van der Waals surface area (Å²) in [6, 6.07) is 1.53. The summed E-state index contributed by atoms with van der Waals surface area (Å²) < 4.78 is 0. The molecule has 2 heterocycles. The Bertz CT molecular complexity index is 681. The van der Waals surface area contributed by atoms with E-state index in [0.717, 1.165) is 24.2 Å². The molecule has 0 aliphatic carbocycles. The number of carbonyl (C=O) groups is 1. The van der Waals surface area contributed by atoms with Crippen LogP contribution in [0, 0.1) is 0 Å². The largest absolute Gasteiger partial charge is 0.302 e. The second-order valence-electron chi connectivity index (χ2n) is 4.41. The smallest absolute Gasteiger partial charge is 0.251 e. The highest BCUT2D eigenvalue weighted by molar-refractivity contribution is 7.98. The molecular weight excluding hydrogens is 308 g/mol. The molecule has 112 valence electrons. The maximum Gasteiger partial charge on any atom is 0.251 e. The van der Waals surface area contributed by atoms with Gasteiger partial charge in [0.2, 0.25) is 5.91 Å². The van der Waals surface area contributed by atoms with Crippen molar-refractivity contribution >= 4 is 34.1 Å². The van der Waals surface area contributed by atoms with E-state index in [-0.39, 0.29) is 11.5 Å². The molecule has 2 aromatic rings. The van der Waals surface area contributed by atoms with Crippen LogP contribution in [0.25, 0.3) is 0 Å². The minimum Gasteiger partial charge on any atom is -0.302 e. The highest BCUT2D eigenvalue weighted by Crippen LogP contribution is 2.22. The quantitative estimate of drug-likeness (QED) is 0.629. The van der Waals surface area contributed by atoms with Crippen LogP contribution in [0.2, 0.25) is 0 Å². The van der Waals surface area contributed by atoms with E-state index in [0.29, 0.717) is 16.0 Å². The van der Waals surface area contributed by atoms with Gasteiger partial charge in [-0.2, -0.15) is 0 Å². The fourth-order valence-electron chi connectivity index (χ4n) is 1.66. The van der Waals surface area contributed by atoms with E-state index in [1.807, 2.05) is 5.38 Å². The first-order chi connectivity index (χ1) is 10.1. The minimum atomic E-state index is -0.137. The van der Waals surface area contributed by atoms with E-state index >= 15 is 0 Å². The number of anilines is 1. The summed E-state index contributed by atoms with van der Waals surface area (Å²) in [5.74, 6) is 0.455. The van der Waals surface area contributed by atoms with E-state index in [4.69, 9.17) is 0 Å². The van der Waals surface area contributed by atoms with Gasteiger partial charge in [0.25, 0.3) is 5.56 Å². The third kappa shape index (κ3) is 4.98. The van der Waals surface area contributed by atoms with Crippen molar-refractivity contribution in [2.45, 2.75) is 37.6 Å². The number of nitrogens with one attached hydrogen (secondary N) is 2. The Labute approximate surface area is 130 Å². The molecule has 2 aromatic heterocycles. The zero-order chi connectivity index (χ0) is 15.2. The zero-order valence-electron chi connectivity index (χ0n) is 11.8. The summed E-state index contributed by atoms with van der Waals surface area (Å²) in [4.78, 5) is 33.9. The van der Waals surface area contributed by atoms with Gasteiger partial charge in [0.1, 0.15) is 0 Å². The Hall–Kier alpha value is -1.67. The number of thiazole rings is 1. The Morgan fingerprint density at radius 2 is 2.24 bits per heavy atom. The Morgan fingerprint density at radius 1 is 1.43 bits per heavy atom. The van der Waals surface area contributed by atoms with Gasteiger partial charge in [0.05, 0.1) is 5.69 Å². The van der Waals surface area contributed by atoms with Gasteiger partial charge in [0.15, 0.2) is 10.3 Å². The number of hydrogen-bond donors (Lipinski definition) is 2. The van der Waals surface area contributed by atoms with Crippen LogP contribution in [0.1, 0.15) is 31.7 Å². The van der Waals surface area contributed by atoms with Crippen LogP contribution in [0.3, 0.4) is 0 Å². The first kappa shape index (κ1) is 15.7. The molecule has 0 spiro atoms. The highest BCUT2D eigenvalue weighted by atomic mass is 32.2. The monoisotopic (exact) mass is 324 g/mol. The molecule has 0 aliphatic rings. The molecule has 0 saturated heterocycles. The lowest BCUT2D eigenvalue weighted by atomic mass is 10.2. The summed E-state index contributed by atoms with van der Waals surface area (Å²) in [6.07, 6.45) is 1.74. The van der Waals surface area contributed by atoms with Crippen LogP contribution < -0.4 is 10.9 Å². The van der Waals surface area contributed by atoms with E-state index in [2.05, 4.69) is 27.2 Å². The molecule has 0 radical (unpaired) electrons. The van der Waals surface area contributed by atoms with Crippen LogP contribution in [0.15, 0.2) is 21.4 Å². The Morgan fingerprint density at radius 3 is 2.95 bits per heavy atom. The maximum atomic E-state index is 11.6. The molecular formula is C13H16N4O2S2. The van der Waals surface area contributed by atoms with Gasteiger partial charge in [-0.15, -0.1) is 11.3 Å². The molecule has 0 unspecified atom stereocenters. The van der Waals surface area contributed by atoms with E-state index in [1.54, 1.807) is 0 Å². The number of aromatic amines is 1. The van der Waals surface area contributed by atoms with Crippen molar-refractivity contribution < 1.29 is 4.79 Å². The molecule has 0 saturated carbocycles. The first-order valence-corrected chi connectivity index (χ1v) is 8.38. The predicted octanol–water partition coefficient (Wildman–Crippen LogP) is 2.43. The lowest BCUT2D eigenvalue weighted by Gasteiger charge is -2.02. The number of aryl methyl sites for hydroxylation is 1. The third-order valence-corrected chi connectivity index (χ3v) is 4.18. The summed E-state index contributed by atoms with van der Waals surface area (Å²) in [7, 11) is 0. The molecule has 0 atom stereocenters. The SMILES string of the molecule is CCCc1cc(=O)[nH]c(SCc2csc(NC(C)=O)n2)n1. The number of amides is 1. The number of H-pyrrole nitrogens is 1. The number of carbonyl (C=O) groups excluding carboxylic acids is 1. The molecule has 0 aliphatic heterocycles. The van der Waals surface area contributed by atoms with Crippen molar-refractivity contribution in [2.24, 2.45) is 0 Å². The minimum absolute atomic E-state index is 0.131. The van der Waals surface area contributed by atoms with Crippen molar-refractivity contribution in [3.8, 4) is 0 Å². The summed E-state index contributed by atoms with van der Waals surface area (Å²) in [5.41, 5.74) is 1.52. The molecule has 1 amide bonds. The molecule has 0 bridgehead atoms. The first-order valence-electron chi connectivity index (χ1n) is 6.52. The average Bonchev–Trinajstić information content (AvgIpc) is 2.83. The molecule has 6 nitrogen and oxygen atoms in total. The average molecular weight is 324 g/mol. The maximum absolute atomic E-state index is 11.6. The van der Waals surface area contributed by atoms with Gasteiger partial charge >= 0.3 is 0 Å². The molecule has 8 heteroatoms. The molecule has 2 N–H and O–H groups in total. The fraction of sp³-hybridized carbons (Fsp3) is 0.385. The van der Waals surface area contributed by atoms with Crippen LogP contribution in [0.4, 0.5) is 5.13 Å². The fourth-order valence-corrected chi connectivity index (χ4v) is 3.31. The van der Waals surface area contributed by atoms with Crippen molar-refractivity contribution in [1.82, 2.24) is 15.0 Å². The summed E-state index contributed by atoms with van der Waals surface area (Å²) in [5, 5.41) is 5.71. The Balaban J connectivity index is 2.00. The van der Waals surface area contributed by atoms with Crippen LogP contribution in [0.5, 0.6) is 0 Å². The number of nitrogens with zero attached hydrogens (tertiary/aromatic N) is 2. The van der Waals surface area contributed by atoms with Gasteiger partial charge in [-0.1, -0.05) is 25.1 Å². The summed E-state index contributed by atoms with van der Waals surface area (Å²) >= 11 is 2.80. The topological polar surface area (TPSA) is 87.7 Å². The van der Waals surface area contributed by atoms with Crippen LogP contribution >= 0.6 is 23.1 Å². The van der Waals surface area contributed by atoms with Crippen LogP contribution in [-0.4, -0.2) is 20.9 Å². The van der Waals surface area contributed by atoms with Gasteiger partial charge in [-0.3, -0.25) is 9.59 Å². The van der Waals surface area contributed by atoms with Crippen molar-refractivity contribution in [3.05, 3.63) is 33.2 Å². The molecule has 21 heavy (non-hydrogen) atoms. The van der Waals surface area contributed by atoms with E-state index in [1.165, 1.54) is 36.1 Å².